The molecule has 1 heterocycles. The van der Waals surface area contributed by atoms with Crippen molar-refractivity contribution in [3.63, 3.8) is 0 Å². The fraction of sp³-hybridized carbons (Fsp3) is 0.192. The Balaban J connectivity index is 1.82. The Morgan fingerprint density at radius 3 is 2.45 bits per heavy atom. The first-order valence-corrected chi connectivity index (χ1v) is 10.2. The highest BCUT2D eigenvalue weighted by atomic mass is 19.4. The molecule has 0 saturated heterocycles. The standard InChI is InChI=1S/C26H21F3O4/c1-15-8-9-16(2)17(12-15)14-32-18-10-11-20-22(13-18)33-25(26(27,28)29)23(24(20)30)19-6-4-5-7-21(19)31-3/h4-13H,14H2,1-3H3. The molecule has 170 valence electrons. The molecule has 0 radical (unpaired) electrons. The van der Waals surface area contributed by atoms with Gasteiger partial charge in [-0.05, 0) is 43.2 Å². The van der Waals surface area contributed by atoms with Gasteiger partial charge in [0.05, 0.1) is 18.1 Å². The van der Waals surface area contributed by atoms with E-state index in [4.69, 9.17) is 13.9 Å². The van der Waals surface area contributed by atoms with Crippen LogP contribution in [0.4, 0.5) is 13.2 Å². The van der Waals surface area contributed by atoms with E-state index in [0.29, 0.717) is 5.75 Å². The molecule has 33 heavy (non-hydrogen) atoms. The van der Waals surface area contributed by atoms with Gasteiger partial charge in [0, 0.05) is 11.6 Å². The molecule has 0 fully saturated rings. The van der Waals surface area contributed by atoms with Crippen LogP contribution >= 0.6 is 0 Å². The Kier molecular flexibility index (Phi) is 5.89. The smallest absolute Gasteiger partial charge is 0.450 e. The van der Waals surface area contributed by atoms with Crippen LogP contribution in [0.15, 0.2) is 69.9 Å². The number of halogens is 3. The van der Waals surface area contributed by atoms with E-state index in [1.165, 1.54) is 37.4 Å². The SMILES string of the molecule is COc1ccccc1-c1c(C(F)(F)F)oc2cc(OCc3cc(C)ccc3C)ccc2c1=O. The molecule has 0 aliphatic heterocycles. The summed E-state index contributed by atoms with van der Waals surface area (Å²) in [6.45, 7) is 4.15. The Bertz CT molecular complexity index is 1390. The highest BCUT2D eigenvalue weighted by molar-refractivity contribution is 5.85. The number of alkyl halides is 3. The van der Waals surface area contributed by atoms with E-state index in [-0.39, 0.29) is 28.9 Å². The zero-order valence-electron chi connectivity index (χ0n) is 18.2. The molecule has 7 heteroatoms. The Morgan fingerprint density at radius 1 is 0.970 bits per heavy atom. The van der Waals surface area contributed by atoms with E-state index in [0.717, 1.165) is 16.7 Å². The molecule has 0 amide bonds. The number of methoxy groups -OCH3 is 1. The first-order chi connectivity index (χ1) is 15.7. The second-order valence-corrected chi connectivity index (χ2v) is 7.71. The third kappa shape index (κ3) is 4.44. The summed E-state index contributed by atoms with van der Waals surface area (Å²) in [7, 11) is 1.33. The summed E-state index contributed by atoms with van der Waals surface area (Å²) in [6.07, 6.45) is -4.89. The number of benzene rings is 3. The van der Waals surface area contributed by atoms with Crippen LogP contribution in [0, 0.1) is 13.8 Å². The number of ether oxygens (including phenoxy) is 2. The Morgan fingerprint density at radius 2 is 1.73 bits per heavy atom. The van der Waals surface area contributed by atoms with Crippen molar-refractivity contribution in [1.82, 2.24) is 0 Å². The molecular formula is C26H21F3O4. The summed E-state index contributed by atoms with van der Waals surface area (Å²) < 4.78 is 58.0. The number of fused-ring (bicyclic) bond motifs is 1. The minimum absolute atomic E-state index is 0.0122. The second kappa shape index (κ2) is 8.65. The maximum Gasteiger partial charge on any atom is 0.450 e. The second-order valence-electron chi connectivity index (χ2n) is 7.71. The van der Waals surface area contributed by atoms with Gasteiger partial charge in [0.1, 0.15) is 23.7 Å². The molecule has 4 aromatic rings. The lowest BCUT2D eigenvalue weighted by Crippen LogP contribution is -2.16. The molecule has 4 nitrogen and oxygen atoms in total. The van der Waals surface area contributed by atoms with Gasteiger partial charge in [0.2, 0.25) is 11.2 Å². The van der Waals surface area contributed by atoms with Crippen LogP contribution in [-0.4, -0.2) is 7.11 Å². The molecule has 0 bridgehead atoms. The maximum absolute atomic E-state index is 13.9. The molecule has 3 aromatic carbocycles. The van der Waals surface area contributed by atoms with Crippen molar-refractivity contribution in [2.24, 2.45) is 0 Å². The van der Waals surface area contributed by atoms with Gasteiger partial charge < -0.3 is 13.9 Å². The number of rotatable bonds is 5. The minimum atomic E-state index is -4.89. The fourth-order valence-electron chi connectivity index (χ4n) is 3.68. The summed E-state index contributed by atoms with van der Waals surface area (Å²) in [5.41, 5.74) is 1.49. The van der Waals surface area contributed by atoms with Crippen LogP contribution in [0.1, 0.15) is 22.5 Å². The third-order valence-corrected chi connectivity index (χ3v) is 5.40. The number of aryl methyl sites for hydroxylation is 2. The molecule has 0 unspecified atom stereocenters. The van der Waals surface area contributed by atoms with Crippen molar-refractivity contribution in [3.8, 4) is 22.6 Å². The van der Waals surface area contributed by atoms with Gasteiger partial charge >= 0.3 is 6.18 Å². The van der Waals surface area contributed by atoms with Crippen LogP contribution in [0.5, 0.6) is 11.5 Å². The fourth-order valence-corrected chi connectivity index (χ4v) is 3.68. The highest BCUT2D eigenvalue weighted by Gasteiger charge is 2.40. The topological polar surface area (TPSA) is 48.7 Å². The molecule has 0 aliphatic carbocycles. The molecule has 0 aliphatic rings. The van der Waals surface area contributed by atoms with Gasteiger partial charge in [-0.25, -0.2) is 0 Å². The molecule has 0 saturated carbocycles. The Labute approximate surface area is 188 Å². The van der Waals surface area contributed by atoms with E-state index < -0.39 is 22.9 Å². The van der Waals surface area contributed by atoms with E-state index in [1.54, 1.807) is 12.1 Å². The zero-order valence-corrected chi connectivity index (χ0v) is 18.2. The van der Waals surface area contributed by atoms with Crippen molar-refractivity contribution in [3.05, 3.63) is 93.3 Å². The predicted molar refractivity (Wildman–Crippen MR) is 120 cm³/mol. The van der Waals surface area contributed by atoms with Crippen molar-refractivity contribution < 1.29 is 27.1 Å². The van der Waals surface area contributed by atoms with E-state index >= 15 is 0 Å². The summed E-state index contributed by atoms with van der Waals surface area (Å²) >= 11 is 0. The summed E-state index contributed by atoms with van der Waals surface area (Å²) in [5, 5.41) is 0.0167. The Hall–Kier alpha value is -3.74. The lowest BCUT2D eigenvalue weighted by Gasteiger charge is -2.15. The van der Waals surface area contributed by atoms with Crippen LogP contribution < -0.4 is 14.9 Å². The molecule has 0 atom stereocenters. The summed E-state index contributed by atoms with van der Waals surface area (Å²) in [4.78, 5) is 13.2. The molecular weight excluding hydrogens is 433 g/mol. The molecule has 0 N–H and O–H groups in total. The van der Waals surface area contributed by atoms with Crippen LogP contribution in [-0.2, 0) is 12.8 Å². The zero-order chi connectivity index (χ0) is 23.8. The number of para-hydroxylation sites is 1. The van der Waals surface area contributed by atoms with Crippen LogP contribution in [0.3, 0.4) is 0 Å². The summed E-state index contributed by atoms with van der Waals surface area (Å²) in [5.74, 6) is -0.941. The molecule has 0 spiro atoms. The van der Waals surface area contributed by atoms with Crippen LogP contribution in [0.25, 0.3) is 22.1 Å². The quantitative estimate of drug-likeness (QED) is 0.337. The third-order valence-electron chi connectivity index (χ3n) is 5.40. The van der Waals surface area contributed by atoms with Crippen molar-refractivity contribution >= 4 is 11.0 Å². The normalized spacial score (nSPS) is 11.6. The van der Waals surface area contributed by atoms with E-state index in [2.05, 4.69) is 0 Å². The molecule has 4 rings (SSSR count). The lowest BCUT2D eigenvalue weighted by atomic mass is 10.0. The minimum Gasteiger partial charge on any atom is -0.496 e. The monoisotopic (exact) mass is 454 g/mol. The number of hydrogen-bond donors (Lipinski definition) is 0. The average Bonchev–Trinajstić information content (AvgIpc) is 2.79. The first-order valence-electron chi connectivity index (χ1n) is 10.2. The molecule has 1 aromatic heterocycles. The van der Waals surface area contributed by atoms with E-state index in [1.807, 2.05) is 32.0 Å². The van der Waals surface area contributed by atoms with Gasteiger partial charge in [-0.3, -0.25) is 4.79 Å². The van der Waals surface area contributed by atoms with Gasteiger partial charge in [-0.2, -0.15) is 13.2 Å². The van der Waals surface area contributed by atoms with Crippen molar-refractivity contribution in [2.75, 3.05) is 7.11 Å². The average molecular weight is 454 g/mol. The van der Waals surface area contributed by atoms with Crippen LogP contribution in [0.2, 0.25) is 0 Å². The van der Waals surface area contributed by atoms with Gasteiger partial charge in [0.15, 0.2) is 0 Å². The van der Waals surface area contributed by atoms with Crippen molar-refractivity contribution in [1.29, 1.82) is 0 Å². The number of hydrogen-bond acceptors (Lipinski definition) is 4. The largest absolute Gasteiger partial charge is 0.496 e. The summed E-state index contributed by atoms with van der Waals surface area (Å²) in [6, 6.07) is 16.2. The van der Waals surface area contributed by atoms with Gasteiger partial charge in [-0.1, -0.05) is 42.0 Å². The van der Waals surface area contributed by atoms with Gasteiger partial charge in [0.25, 0.3) is 0 Å². The first kappa shape index (κ1) is 22.5. The highest BCUT2D eigenvalue weighted by Crippen LogP contribution is 2.40. The lowest BCUT2D eigenvalue weighted by molar-refractivity contribution is -0.152. The maximum atomic E-state index is 13.9. The van der Waals surface area contributed by atoms with Gasteiger partial charge in [-0.15, -0.1) is 0 Å². The van der Waals surface area contributed by atoms with E-state index in [9.17, 15) is 18.0 Å². The van der Waals surface area contributed by atoms with Crippen molar-refractivity contribution in [2.45, 2.75) is 26.6 Å². The predicted octanol–water partition coefficient (Wildman–Crippen LogP) is 6.68.